The second kappa shape index (κ2) is 8.68. The van der Waals surface area contributed by atoms with Gasteiger partial charge in [0.25, 0.3) is 0 Å². The van der Waals surface area contributed by atoms with E-state index in [0.29, 0.717) is 24.2 Å². The average Bonchev–Trinajstić information content (AvgIpc) is 3.38. The molecule has 5 nitrogen and oxygen atoms in total. The number of fused-ring (bicyclic) bond motifs is 1. The van der Waals surface area contributed by atoms with E-state index in [0.717, 1.165) is 17.5 Å². The lowest BCUT2D eigenvalue weighted by Gasteiger charge is -2.19. The van der Waals surface area contributed by atoms with Gasteiger partial charge in [-0.1, -0.05) is 31.2 Å². The van der Waals surface area contributed by atoms with Crippen LogP contribution in [0.25, 0.3) is 11.5 Å². The van der Waals surface area contributed by atoms with Gasteiger partial charge in [0.15, 0.2) is 0 Å². The molecule has 0 saturated carbocycles. The smallest absolute Gasteiger partial charge is 0.451 e. The average molecular weight is 445 g/mol. The Morgan fingerprint density at radius 3 is 2.66 bits per heavy atom. The van der Waals surface area contributed by atoms with Crippen molar-refractivity contribution >= 4 is 5.97 Å². The Hall–Kier alpha value is -3.29. The Kier molecular flexibility index (Phi) is 5.95. The number of hydrogen-bond acceptors (Lipinski definition) is 4. The number of oxazole rings is 1. The summed E-state index contributed by atoms with van der Waals surface area (Å²) in [5.74, 6) is -2.22. The molecule has 8 heteroatoms. The highest BCUT2D eigenvalue weighted by atomic mass is 19.4. The van der Waals surface area contributed by atoms with E-state index in [2.05, 4.69) is 4.98 Å². The monoisotopic (exact) mass is 445 g/mol. The maximum atomic E-state index is 13.5. The van der Waals surface area contributed by atoms with Crippen molar-refractivity contribution in [2.45, 2.75) is 44.9 Å². The summed E-state index contributed by atoms with van der Waals surface area (Å²) in [5, 5.41) is 9.47. The molecule has 2 aromatic carbocycles. The Morgan fingerprint density at radius 2 is 2.00 bits per heavy atom. The minimum Gasteiger partial charge on any atom is -0.487 e. The van der Waals surface area contributed by atoms with Crippen molar-refractivity contribution < 1.29 is 32.2 Å². The number of rotatable bonds is 7. The zero-order valence-electron chi connectivity index (χ0n) is 17.4. The first kappa shape index (κ1) is 21.9. The Labute approximate surface area is 182 Å². The number of aromatic nitrogens is 1. The number of hydrogen-bond donors (Lipinski definition) is 1. The molecule has 0 saturated heterocycles. The molecule has 1 N–H and O–H groups in total. The maximum absolute atomic E-state index is 13.5. The van der Waals surface area contributed by atoms with Crippen LogP contribution in [0.15, 0.2) is 52.9 Å². The summed E-state index contributed by atoms with van der Waals surface area (Å²) in [6.45, 7) is 1.45. The quantitative estimate of drug-likeness (QED) is 0.477. The molecule has 0 spiro atoms. The number of halogens is 3. The highest BCUT2D eigenvalue weighted by molar-refractivity contribution is 5.72. The molecule has 0 bridgehead atoms. The van der Waals surface area contributed by atoms with E-state index < -0.39 is 30.4 Å². The summed E-state index contributed by atoms with van der Waals surface area (Å²) in [5.41, 5.74) is 2.05. The lowest BCUT2D eigenvalue weighted by atomic mass is 9.85. The molecule has 1 heterocycles. The van der Waals surface area contributed by atoms with Gasteiger partial charge in [-0.2, -0.15) is 13.2 Å². The van der Waals surface area contributed by atoms with E-state index in [9.17, 15) is 23.1 Å². The lowest BCUT2D eigenvalue weighted by molar-refractivity contribution is -0.153. The third-order valence-corrected chi connectivity index (χ3v) is 5.83. The largest absolute Gasteiger partial charge is 0.487 e. The molecule has 1 aliphatic rings. The molecule has 0 aliphatic heterocycles. The highest BCUT2D eigenvalue weighted by Crippen LogP contribution is 2.41. The number of carboxylic acid groups (broad SMARTS) is 1. The fraction of sp³-hybridized carbons (Fsp3) is 0.333. The van der Waals surface area contributed by atoms with E-state index >= 15 is 0 Å². The number of aliphatic carboxylic acids is 1. The first-order valence-electron chi connectivity index (χ1n) is 10.4. The van der Waals surface area contributed by atoms with Crippen molar-refractivity contribution in [1.29, 1.82) is 0 Å². The van der Waals surface area contributed by atoms with Gasteiger partial charge in [0, 0.05) is 5.56 Å². The molecule has 0 radical (unpaired) electrons. The molecule has 168 valence electrons. The standard InChI is InChI=1S/C24H22F3NO4/c1-2-17(23(29)30)19-10-8-15-12-16(9-11-18(15)19)31-13-20-21(24(25,26)27)32-22(28-20)14-6-4-3-5-7-14/h3-7,9,11-12,17,19H,2,8,10,13H2,1H3,(H,29,30). The zero-order chi connectivity index (χ0) is 22.9. The van der Waals surface area contributed by atoms with E-state index in [1.165, 1.54) is 0 Å². The molecule has 2 unspecified atom stereocenters. The number of nitrogens with zero attached hydrogens (tertiary/aromatic N) is 1. The fourth-order valence-corrected chi connectivity index (χ4v) is 4.29. The molecule has 3 aromatic rings. The van der Waals surface area contributed by atoms with Crippen LogP contribution >= 0.6 is 0 Å². The summed E-state index contributed by atoms with van der Waals surface area (Å²) in [6.07, 6.45) is -2.73. The first-order valence-corrected chi connectivity index (χ1v) is 10.4. The predicted octanol–water partition coefficient (Wildman–Crippen LogP) is 6.08. The lowest BCUT2D eigenvalue weighted by Crippen LogP contribution is -2.19. The van der Waals surface area contributed by atoms with Crippen molar-refractivity contribution in [1.82, 2.24) is 4.98 Å². The molecule has 0 fully saturated rings. The van der Waals surface area contributed by atoms with Crippen molar-refractivity contribution in [3.05, 3.63) is 71.1 Å². The van der Waals surface area contributed by atoms with Crippen LogP contribution in [-0.4, -0.2) is 16.1 Å². The van der Waals surface area contributed by atoms with Gasteiger partial charge in [-0.25, -0.2) is 4.98 Å². The third-order valence-electron chi connectivity index (χ3n) is 5.83. The molecule has 0 amide bonds. The van der Waals surface area contributed by atoms with Crippen LogP contribution in [0.3, 0.4) is 0 Å². The first-order chi connectivity index (χ1) is 15.3. The second-order valence-electron chi connectivity index (χ2n) is 7.81. The highest BCUT2D eigenvalue weighted by Gasteiger charge is 2.40. The van der Waals surface area contributed by atoms with Crippen LogP contribution in [0.2, 0.25) is 0 Å². The molecule has 4 rings (SSSR count). The summed E-state index contributed by atoms with van der Waals surface area (Å²) in [4.78, 5) is 15.6. The van der Waals surface area contributed by atoms with Gasteiger partial charge in [-0.3, -0.25) is 4.79 Å². The molecule has 1 aromatic heterocycles. The number of carboxylic acids is 1. The van der Waals surface area contributed by atoms with Gasteiger partial charge in [0.05, 0.1) is 5.92 Å². The Morgan fingerprint density at radius 1 is 1.25 bits per heavy atom. The number of carbonyl (C=O) groups is 1. The van der Waals surface area contributed by atoms with E-state index in [-0.39, 0.29) is 17.5 Å². The SMILES string of the molecule is CCC(C(=O)O)C1CCc2cc(OCc3nc(-c4ccccc4)oc3C(F)(F)F)ccc21. The number of aryl methyl sites for hydroxylation is 1. The van der Waals surface area contributed by atoms with Crippen LogP contribution in [-0.2, 0) is 24.0 Å². The van der Waals surface area contributed by atoms with E-state index in [1.807, 2.05) is 13.0 Å². The van der Waals surface area contributed by atoms with Crippen molar-refractivity contribution in [3.8, 4) is 17.2 Å². The second-order valence-corrected chi connectivity index (χ2v) is 7.81. The minimum atomic E-state index is -4.70. The van der Waals surface area contributed by atoms with Crippen LogP contribution in [0, 0.1) is 5.92 Å². The van der Waals surface area contributed by atoms with E-state index in [4.69, 9.17) is 9.15 Å². The Bertz CT molecular complexity index is 1110. The molecule has 32 heavy (non-hydrogen) atoms. The summed E-state index contributed by atoms with van der Waals surface area (Å²) < 4.78 is 51.1. The van der Waals surface area contributed by atoms with Crippen LogP contribution in [0.1, 0.15) is 48.3 Å². The minimum absolute atomic E-state index is 0.0673. The van der Waals surface area contributed by atoms with Crippen molar-refractivity contribution in [2.75, 3.05) is 0 Å². The van der Waals surface area contributed by atoms with Gasteiger partial charge in [-0.15, -0.1) is 0 Å². The topological polar surface area (TPSA) is 72.6 Å². The maximum Gasteiger partial charge on any atom is 0.451 e. The van der Waals surface area contributed by atoms with Gasteiger partial charge >= 0.3 is 12.1 Å². The van der Waals surface area contributed by atoms with Gasteiger partial charge in [-0.05, 0) is 60.6 Å². The molecule has 1 aliphatic carbocycles. The fourth-order valence-electron chi connectivity index (χ4n) is 4.29. The van der Waals surface area contributed by atoms with Crippen LogP contribution in [0.4, 0.5) is 13.2 Å². The normalized spacial score (nSPS) is 16.6. The summed E-state index contributed by atoms with van der Waals surface area (Å²) in [7, 11) is 0. The summed E-state index contributed by atoms with van der Waals surface area (Å²) >= 11 is 0. The third kappa shape index (κ3) is 4.35. The molecular formula is C24H22F3NO4. The summed E-state index contributed by atoms with van der Waals surface area (Å²) in [6, 6.07) is 13.6. The van der Waals surface area contributed by atoms with Crippen molar-refractivity contribution in [3.63, 3.8) is 0 Å². The van der Waals surface area contributed by atoms with Crippen molar-refractivity contribution in [2.24, 2.45) is 5.92 Å². The van der Waals surface area contributed by atoms with Crippen LogP contribution < -0.4 is 4.74 Å². The number of alkyl halides is 3. The van der Waals surface area contributed by atoms with Crippen LogP contribution in [0.5, 0.6) is 5.75 Å². The molecular weight excluding hydrogens is 423 g/mol. The number of ether oxygens (including phenoxy) is 1. The van der Waals surface area contributed by atoms with Gasteiger partial charge in [0.2, 0.25) is 11.7 Å². The Balaban J connectivity index is 1.54. The zero-order valence-corrected chi connectivity index (χ0v) is 17.4. The van der Waals surface area contributed by atoms with Gasteiger partial charge in [0.1, 0.15) is 18.1 Å². The molecule has 2 atom stereocenters. The van der Waals surface area contributed by atoms with Gasteiger partial charge < -0.3 is 14.3 Å². The van der Waals surface area contributed by atoms with E-state index in [1.54, 1.807) is 42.5 Å². The predicted molar refractivity (Wildman–Crippen MR) is 110 cm³/mol. The number of benzene rings is 2.